The highest BCUT2D eigenvalue weighted by atomic mass is 16.5. The van der Waals surface area contributed by atoms with Crippen molar-refractivity contribution in [3.05, 3.63) is 65.5 Å². The first kappa shape index (κ1) is 23.9. The summed E-state index contributed by atoms with van der Waals surface area (Å²) in [5.41, 5.74) is 4.34. The molecule has 0 radical (unpaired) electrons. The third-order valence-electron chi connectivity index (χ3n) is 6.00. The van der Waals surface area contributed by atoms with Gasteiger partial charge in [0, 0.05) is 18.9 Å². The fraction of sp³-hybridized carbons (Fsp3) is 0.333. The van der Waals surface area contributed by atoms with Crippen LogP contribution >= 0.6 is 0 Å². The third-order valence-corrected chi connectivity index (χ3v) is 6.00. The fourth-order valence-electron chi connectivity index (χ4n) is 4.29. The lowest BCUT2D eigenvalue weighted by Gasteiger charge is -2.25. The number of benzene rings is 2. The Kier molecular flexibility index (Phi) is 7.34. The van der Waals surface area contributed by atoms with E-state index in [2.05, 4.69) is 25.9 Å². The molecule has 1 aliphatic rings. The number of nitrogens with one attached hydrogen (secondary N) is 2. The van der Waals surface area contributed by atoms with Crippen LogP contribution in [0.15, 0.2) is 48.5 Å². The first-order valence-corrected chi connectivity index (χ1v) is 11.3. The number of carboxylic acid groups (broad SMARTS) is 1. The number of carbonyl (C=O) groups excluding carboxylic acids is 2. The Morgan fingerprint density at radius 2 is 1.77 bits per heavy atom. The summed E-state index contributed by atoms with van der Waals surface area (Å²) in [4.78, 5) is 38.4. The smallest absolute Gasteiger partial charge is 0.407 e. The predicted molar refractivity (Wildman–Crippen MR) is 124 cm³/mol. The Morgan fingerprint density at radius 3 is 2.34 bits per heavy atom. The number of aromatic nitrogens is 4. The number of rotatable bonds is 10. The van der Waals surface area contributed by atoms with Gasteiger partial charge in [-0.05, 0) is 35.6 Å². The molecule has 0 saturated carbocycles. The van der Waals surface area contributed by atoms with E-state index < -0.39 is 24.0 Å². The normalized spacial score (nSPS) is 12.9. The number of alkyl carbamates (subject to hydrolysis) is 1. The molecule has 0 aliphatic heterocycles. The molecule has 0 fully saturated rings. The maximum Gasteiger partial charge on any atom is 0.407 e. The summed E-state index contributed by atoms with van der Waals surface area (Å²) < 4.78 is 5.54. The van der Waals surface area contributed by atoms with E-state index in [4.69, 9.17) is 9.84 Å². The van der Waals surface area contributed by atoms with Crippen molar-refractivity contribution in [3.8, 4) is 11.1 Å². The van der Waals surface area contributed by atoms with E-state index >= 15 is 0 Å². The Balaban J connectivity index is 1.43. The number of likely N-dealkylation sites (N-methyl/N-ethyl adjacent to an activating group) is 1. The molecular formula is C24H26N6O5. The first-order chi connectivity index (χ1) is 17.0. The molecule has 2 aromatic carbocycles. The van der Waals surface area contributed by atoms with Crippen LogP contribution in [0.2, 0.25) is 0 Å². The molecule has 35 heavy (non-hydrogen) atoms. The fourth-order valence-corrected chi connectivity index (χ4v) is 4.29. The maximum atomic E-state index is 13.1. The van der Waals surface area contributed by atoms with E-state index in [-0.39, 0.29) is 31.9 Å². The highest BCUT2D eigenvalue weighted by molar-refractivity contribution is 5.86. The zero-order valence-corrected chi connectivity index (χ0v) is 19.2. The number of aromatic amines is 1. The molecule has 11 heteroatoms. The van der Waals surface area contributed by atoms with Crippen LogP contribution in [0.1, 0.15) is 42.6 Å². The van der Waals surface area contributed by atoms with E-state index in [9.17, 15) is 14.4 Å². The number of carboxylic acids is 1. The van der Waals surface area contributed by atoms with Crippen LogP contribution in [-0.4, -0.2) is 67.8 Å². The van der Waals surface area contributed by atoms with Gasteiger partial charge in [0.05, 0.1) is 6.54 Å². The number of H-pyrrole nitrogens is 1. The van der Waals surface area contributed by atoms with E-state index in [1.165, 1.54) is 4.90 Å². The minimum Gasteiger partial charge on any atom is -0.481 e. The highest BCUT2D eigenvalue weighted by Crippen LogP contribution is 2.44. The molecule has 1 heterocycles. The standard InChI is InChI=1S/C24H26N6O5/c1-2-30(13-21-26-28-29-27-21)23(33)20(11-12-22(31)32)25-24(34)35-14-19-17-9-5-3-7-15(17)16-8-4-6-10-18(16)19/h3-10,19-20H,2,11-14H2,1H3,(H,25,34)(H,31,32)(H,26,27,28,29). The summed E-state index contributed by atoms with van der Waals surface area (Å²) in [7, 11) is 0. The average molecular weight is 479 g/mol. The monoisotopic (exact) mass is 478 g/mol. The highest BCUT2D eigenvalue weighted by Gasteiger charge is 2.31. The number of tetrazole rings is 1. The number of ether oxygens (including phenoxy) is 1. The Labute approximate surface area is 201 Å². The molecule has 3 aromatic rings. The van der Waals surface area contributed by atoms with Gasteiger partial charge in [-0.15, -0.1) is 10.2 Å². The maximum absolute atomic E-state index is 13.1. The van der Waals surface area contributed by atoms with Crippen LogP contribution in [0, 0.1) is 0 Å². The zero-order valence-electron chi connectivity index (χ0n) is 19.2. The van der Waals surface area contributed by atoms with Crippen molar-refractivity contribution >= 4 is 18.0 Å². The summed E-state index contributed by atoms with van der Waals surface area (Å²) in [5.74, 6) is -1.35. The molecule has 1 aliphatic carbocycles. The van der Waals surface area contributed by atoms with Crippen LogP contribution in [0.3, 0.4) is 0 Å². The van der Waals surface area contributed by atoms with Crippen molar-refractivity contribution < 1.29 is 24.2 Å². The average Bonchev–Trinajstić information content (AvgIpc) is 3.49. The van der Waals surface area contributed by atoms with E-state index in [0.717, 1.165) is 22.3 Å². The van der Waals surface area contributed by atoms with E-state index in [1.807, 2.05) is 48.5 Å². The van der Waals surface area contributed by atoms with Gasteiger partial charge in [-0.25, -0.2) is 4.79 Å². The summed E-state index contributed by atoms with van der Waals surface area (Å²) in [5, 5.41) is 25.2. The molecule has 2 amide bonds. The lowest BCUT2D eigenvalue weighted by atomic mass is 9.98. The zero-order chi connectivity index (χ0) is 24.8. The van der Waals surface area contributed by atoms with Gasteiger partial charge in [-0.3, -0.25) is 9.59 Å². The van der Waals surface area contributed by atoms with Gasteiger partial charge in [-0.1, -0.05) is 53.7 Å². The molecule has 1 unspecified atom stereocenters. The van der Waals surface area contributed by atoms with Crippen molar-refractivity contribution in [1.82, 2.24) is 30.8 Å². The molecule has 3 N–H and O–H groups in total. The third kappa shape index (κ3) is 5.45. The largest absolute Gasteiger partial charge is 0.481 e. The molecular weight excluding hydrogens is 452 g/mol. The molecule has 11 nitrogen and oxygen atoms in total. The lowest BCUT2D eigenvalue weighted by Crippen LogP contribution is -2.49. The van der Waals surface area contributed by atoms with Gasteiger partial charge in [-0.2, -0.15) is 5.21 Å². The van der Waals surface area contributed by atoms with Gasteiger partial charge in [0.15, 0.2) is 5.82 Å². The van der Waals surface area contributed by atoms with Crippen molar-refractivity contribution in [2.45, 2.75) is 38.3 Å². The first-order valence-electron chi connectivity index (χ1n) is 11.3. The summed E-state index contributed by atoms with van der Waals surface area (Å²) in [6.07, 6.45) is -1.16. The number of hydrogen-bond acceptors (Lipinski definition) is 7. The second-order valence-electron chi connectivity index (χ2n) is 8.14. The van der Waals surface area contributed by atoms with Gasteiger partial charge >= 0.3 is 12.1 Å². The SMILES string of the molecule is CCN(Cc1nn[nH]n1)C(=O)C(CCC(=O)O)NC(=O)OCC1c2ccccc2-c2ccccc21. The van der Waals surface area contributed by atoms with Crippen LogP contribution in [0.25, 0.3) is 11.1 Å². The number of fused-ring (bicyclic) bond motifs is 3. The molecule has 0 saturated heterocycles. The van der Waals surface area contributed by atoms with Crippen LogP contribution in [-0.2, 0) is 20.9 Å². The summed E-state index contributed by atoms with van der Waals surface area (Å²) >= 11 is 0. The second-order valence-corrected chi connectivity index (χ2v) is 8.14. The van der Waals surface area contributed by atoms with E-state index in [0.29, 0.717) is 12.4 Å². The molecule has 1 aromatic heterocycles. The minimum atomic E-state index is -1.08. The van der Waals surface area contributed by atoms with Gasteiger partial charge in [0.1, 0.15) is 12.6 Å². The molecule has 4 rings (SSSR count). The number of carbonyl (C=O) groups is 3. The summed E-state index contributed by atoms with van der Waals surface area (Å²) in [6, 6.07) is 14.9. The Morgan fingerprint density at radius 1 is 1.11 bits per heavy atom. The van der Waals surface area contributed by atoms with Crippen molar-refractivity contribution in [2.75, 3.05) is 13.2 Å². The number of amides is 2. The number of nitrogens with zero attached hydrogens (tertiary/aromatic N) is 4. The van der Waals surface area contributed by atoms with Gasteiger partial charge < -0.3 is 20.1 Å². The van der Waals surface area contributed by atoms with Crippen LogP contribution < -0.4 is 5.32 Å². The van der Waals surface area contributed by atoms with Crippen molar-refractivity contribution in [2.24, 2.45) is 0 Å². The summed E-state index contributed by atoms with van der Waals surface area (Å²) in [6.45, 7) is 2.23. The second kappa shape index (κ2) is 10.8. The van der Waals surface area contributed by atoms with Gasteiger partial charge in [0.2, 0.25) is 5.91 Å². The van der Waals surface area contributed by atoms with Crippen LogP contribution in [0.4, 0.5) is 4.79 Å². The number of hydrogen-bond donors (Lipinski definition) is 3. The molecule has 1 atom stereocenters. The molecule has 182 valence electrons. The van der Waals surface area contributed by atoms with Crippen LogP contribution in [0.5, 0.6) is 0 Å². The number of aliphatic carboxylic acids is 1. The Bertz CT molecular complexity index is 1150. The van der Waals surface area contributed by atoms with Crippen molar-refractivity contribution in [1.29, 1.82) is 0 Å². The van der Waals surface area contributed by atoms with E-state index in [1.54, 1.807) is 6.92 Å². The minimum absolute atomic E-state index is 0.0712. The molecule has 0 spiro atoms. The topological polar surface area (TPSA) is 150 Å². The molecule has 0 bridgehead atoms. The lowest BCUT2D eigenvalue weighted by molar-refractivity contribution is -0.138. The van der Waals surface area contributed by atoms with Crippen molar-refractivity contribution in [3.63, 3.8) is 0 Å². The van der Waals surface area contributed by atoms with Gasteiger partial charge in [0.25, 0.3) is 0 Å². The Hall–Kier alpha value is -4.28. The quantitative estimate of drug-likeness (QED) is 0.402. The predicted octanol–water partition coefficient (Wildman–Crippen LogP) is 2.32.